The number of anilines is 1. The van der Waals surface area contributed by atoms with Gasteiger partial charge in [-0.3, -0.25) is 0 Å². The maximum Gasteiger partial charge on any atom is 0.247 e. The van der Waals surface area contributed by atoms with Crippen LogP contribution < -0.4 is 10.1 Å². The van der Waals surface area contributed by atoms with Crippen molar-refractivity contribution in [1.82, 2.24) is 10.2 Å². The zero-order valence-electron chi connectivity index (χ0n) is 15.8. The Kier molecular flexibility index (Phi) is 5.63. The molecule has 0 radical (unpaired) electrons. The molecule has 4 aromatic rings. The monoisotopic (exact) mass is 427 g/mol. The average molecular weight is 428 g/mol. The van der Waals surface area contributed by atoms with Gasteiger partial charge >= 0.3 is 0 Å². The highest BCUT2D eigenvalue weighted by Gasteiger charge is 2.25. The summed E-state index contributed by atoms with van der Waals surface area (Å²) in [5.41, 5.74) is 1.62. The molecule has 0 saturated carbocycles. The molecule has 1 heterocycles. The molecule has 4 rings (SSSR count). The molecule has 0 bridgehead atoms. The fraction of sp³-hybridized carbons (Fsp3) is 0.0909. The van der Waals surface area contributed by atoms with Gasteiger partial charge in [-0.25, -0.2) is 8.78 Å². The lowest BCUT2D eigenvalue weighted by Crippen LogP contribution is -2.14. The second-order valence-corrected chi connectivity index (χ2v) is 6.81. The number of benzene rings is 3. The number of nitrogens with one attached hydrogen (secondary N) is 1. The van der Waals surface area contributed by atoms with Crippen molar-refractivity contribution in [1.29, 1.82) is 0 Å². The van der Waals surface area contributed by atoms with Crippen molar-refractivity contribution in [3.05, 3.63) is 94.8 Å². The van der Waals surface area contributed by atoms with E-state index in [-0.39, 0.29) is 16.8 Å². The number of methoxy groups -OCH3 is 1. The Morgan fingerprint density at radius 3 is 2.53 bits per heavy atom. The first-order valence-electron chi connectivity index (χ1n) is 8.99. The van der Waals surface area contributed by atoms with E-state index in [0.29, 0.717) is 22.6 Å². The van der Waals surface area contributed by atoms with E-state index in [2.05, 4.69) is 15.5 Å². The van der Waals surface area contributed by atoms with E-state index in [1.54, 1.807) is 25.3 Å². The minimum atomic E-state index is -0.704. The molecule has 152 valence electrons. The summed E-state index contributed by atoms with van der Waals surface area (Å²) in [7, 11) is 1.55. The predicted octanol–water partition coefficient (Wildman–Crippen LogP) is 5.88. The Labute approximate surface area is 176 Å². The third kappa shape index (κ3) is 4.11. The average Bonchev–Trinajstić information content (AvgIpc) is 3.23. The molecule has 5 nitrogen and oxygen atoms in total. The molecule has 0 aliphatic heterocycles. The fourth-order valence-electron chi connectivity index (χ4n) is 3.02. The number of hydrogen-bond donors (Lipinski definition) is 1. The summed E-state index contributed by atoms with van der Waals surface area (Å²) >= 11 is 6.31. The maximum absolute atomic E-state index is 13.6. The standard InChI is InChI=1S/C22H16ClF2N3O2/c1-29-19-8-3-2-7-18(19)26-20(16-10-9-15(25)12-17(16)23)22-28-27-21(30-22)13-5-4-6-14(24)11-13/h2-12,20,26H,1H3. The van der Waals surface area contributed by atoms with Gasteiger partial charge in [-0.1, -0.05) is 35.9 Å². The van der Waals surface area contributed by atoms with Crippen molar-refractivity contribution >= 4 is 17.3 Å². The van der Waals surface area contributed by atoms with Gasteiger partial charge in [0.2, 0.25) is 11.8 Å². The lowest BCUT2D eigenvalue weighted by atomic mass is 10.1. The molecular weight excluding hydrogens is 412 g/mol. The normalized spacial score (nSPS) is 11.9. The van der Waals surface area contributed by atoms with Crippen LogP contribution in [0.25, 0.3) is 11.5 Å². The van der Waals surface area contributed by atoms with Crippen LogP contribution in [0.4, 0.5) is 14.5 Å². The molecule has 1 unspecified atom stereocenters. The van der Waals surface area contributed by atoms with Crippen LogP contribution in [0.2, 0.25) is 5.02 Å². The summed E-state index contributed by atoms with van der Waals surface area (Å²) in [6.45, 7) is 0. The van der Waals surface area contributed by atoms with E-state index in [9.17, 15) is 8.78 Å². The number of para-hydroxylation sites is 2. The zero-order chi connectivity index (χ0) is 21.1. The summed E-state index contributed by atoms with van der Waals surface area (Å²) in [6.07, 6.45) is 0. The van der Waals surface area contributed by atoms with Gasteiger partial charge in [-0.2, -0.15) is 0 Å². The minimum absolute atomic E-state index is 0.148. The van der Waals surface area contributed by atoms with Crippen molar-refractivity contribution in [3.63, 3.8) is 0 Å². The number of nitrogens with zero attached hydrogens (tertiary/aromatic N) is 2. The Morgan fingerprint density at radius 1 is 0.967 bits per heavy atom. The Hall–Kier alpha value is -3.45. The summed E-state index contributed by atoms with van der Waals surface area (Å²) in [6, 6.07) is 16.4. The van der Waals surface area contributed by atoms with E-state index < -0.39 is 17.7 Å². The van der Waals surface area contributed by atoms with Crippen LogP contribution in [0.3, 0.4) is 0 Å². The third-order valence-electron chi connectivity index (χ3n) is 4.44. The van der Waals surface area contributed by atoms with Crippen LogP contribution in [0, 0.1) is 11.6 Å². The van der Waals surface area contributed by atoms with Crippen LogP contribution in [-0.2, 0) is 0 Å². The smallest absolute Gasteiger partial charge is 0.247 e. The number of aromatic nitrogens is 2. The van der Waals surface area contributed by atoms with Gasteiger partial charge in [0.15, 0.2) is 0 Å². The quantitative estimate of drug-likeness (QED) is 0.416. The number of rotatable bonds is 6. The Bertz CT molecular complexity index is 1180. The maximum atomic E-state index is 13.6. The molecule has 0 aliphatic carbocycles. The minimum Gasteiger partial charge on any atom is -0.495 e. The first-order chi connectivity index (χ1) is 14.5. The van der Waals surface area contributed by atoms with Crippen molar-refractivity contribution < 1.29 is 17.9 Å². The molecule has 1 atom stereocenters. The third-order valence-corrected chi connectivity index (χ3v) is 4.77. The second kappa shape index (κ2) is 8.51. The van der Waals surface area contributed by atoms with Gasteiger partial charge in [0.05, 0.1) is 12.8 Å². The van der Waals surface area contributed by atoms with E-state index >= 15 is 0 Å². The van der Waals surface area contributed by atoms with Crippen LogP contribution >= 0.6 is 11.6 Å². The van der Waals surface area contributed by atoms with Crippen molar-refractivity contribution in [3.8, 4) is 17.2 Å². The molecule has 1 aromatic heterocycles. The highest BCUT2D eigenvalue weighted by molar-refractivity contribution is 6.31. The highest BCUT2D eigenvalue weighted by atomic mass is 35.5. The lowest BCUT2D eigenvalue weighted by Gasteiger charge is -2.20. The van der Waals surface area contributed by atoms with Crippen molar-refractivity contribution in [2.24, 2.45) is 0 Å². The predicted molar refractivity (Wildman–Crippen MR) is 110 cm³/mol. The molecule has 0 aliphatic rings. The summed E-state index contributed by atoms with van der Waals surface area (Å²) in [5, 5.41) is 11.6. The van der Waals surface area contributed by atoms with Gasteiger partial charge < -0.3 is 14.5 Å². The van der Waals surface area contributed by atoms with Gasteiger partial charge in [0, 0.05) is 16.1 Å². The van der Waals surface area contributed by atoms with Crippen LogP contribution in [0.1, 0.15) is 17.5 Å². The molecule has 0 saturated heterocycles. The fourth-order valence-corrected chi connectivity index (χ4v) is 3.29. The van der Waals surface area contributed by atoms with Gasteiger partial charge in [-0.15, -0.1) is 10.2 Å². The molecule has 8 heteroatoms. The zero-order valence-corrected chi connectivity index (χ0v) is 16.5. The summed E-state index contributed by atoms with van der Waals surface area (Å²) in [4.78, 5) is 0. The molecule has 0 fully saturated rings. The molecule has 30 heavy (non-hydrogen) atoms. The van der Waals surface area contributed by atoms with E-state index in [0.717, 1.165) is 0 Å². The van der Waals surface area contributed by atoms with E-state index in [1.165, 1.54) is 30.3 Å². The molecule has 3 aromatic carbocycles. The Morgan fingerprint density at radius 2 is 1.77 bits per heavy atom. The van der Waals surface area contributed by atoms with Crippen LogP contribution in [0.5, 0.6) is 5.75 Å². The molecule has 0 amide bonds. The van der Waals surface area contributed by atoms with Gasteiger partial charge in [0.1, 0.15) is 23.4 Å². The van der Waals surface area contributed by atoms with Crippen LogP contribution in [0.15, 0.2) is 71.1 Å². The second-order valence-electron chi connectivity index (χ2n) is 6.40. The Balaban J connectivity index is 1.77. The van der Waals surface area contributed by atoms with Gasteiger partial charge in [0.25, 0.3) is 0 Å². The van der Waals surface area contributed by atoms with Crippen molar-refractivity contribution in [2.75, 3.05) is 12.4 Å². The largest absolute Gasteiger partial charge is 0.495 e. The highest BCUT2D eigenvalue weighted by Crippen LogP contribution is 2.35. The topological polar surface area (TPSA) is 60.2 Å². The van der Waals surface area contributed by atoms with E-state index in [4.69, 9.17) is 20.8 Å². The first kappa shape index (κ1) is 19.8. The summed E-state index contributed by atoms with van der Waals surface area (Å²) in [5.74, 6) is 0.0251. The lowest BCUT2D eigenvalue weighted by molar-refractivity contribution is 0.415. The van der Waals surface area contributed by atoms with E-state index in [1.807, 2.05) is 18.2 Å². The number of halogens is 3. The molecule has 1 N–H and O–H groups in total. The first-order valence-corrected chi connectivity index (χ1v) is 9.37. The SMILES string of the molecule is COc1ccccc1NC(c1nnc(-c2cccc(F)c2)o1)c1ccc(F)cc1Cl. The van der Waals surface area contributed by atoms with Gasteiger partial charge in [-0.05, 0) is 42.5 Å². The van der Waals surface area contributed by atoms with Crippen molar-refractivity contribution in [2.45, 2.75) is 6.04 Å². The molecule has 0 spiro atoms. The number of hydrogen-bond acceptors (Lipinski definition) is 5. The van der Waals surface area contributed by atoms with Crippen LogP contribution in [-0.4, -0.2) is 17.3 Å². The molecular formula is C22H16ClF2N3O2. The summed E-state index contributed by atoms with van der Waals surface area (Å²) < 4.78 is 38.4. The number of ether oxygens (including phenoxy) is 1.